The molecule has 1 heterocycles. The van der Waals surface area contributed by atoms with Crippen LogP contribution in [0.25, 0.3) is 0 Å². The van der Waals surface area contributed by atoms with Crippen molar-refractivity contribution in [1.82, 2.24) is 10.2 Å². The Labute approximate surface area is 119 Å². The Morgan fingerprint density at radius 1 is 1.37 bits per heavy atom. The molecule has 1 aliphatic heterocycles. The van der Waals surface area contributed by atoms with Crippen LogP contribution in [-0.4, -0.2) is 37.5 Å². The highest BCUT2D eigenvalue weighted by molar-refractivity contribution is 6.33. The normalized spacial score (nSPS) is 16.6. The van der Waals surface area contributed by atoms with E-state index in [0.717, 1.165) is 38.4 Å². The first-order valence-corrected chi connectivity index (χ1v) is 7.28. The van der Waals surface area contributed by atoms with Crippen molar-refractivity contribution in [3.8, 4) is 0 Å². The highest BCUT2D eigenvalue weighted by atomic mass is 35.5. The van der Waals surface area contributed by atoms with Crippen molar-refractivity contribution >= 4 is 17.5 Å². The molecule has 1 amide bonds. The summed E-state index contributed by atoms with van der Waals surface area (Å²) in [6.45, 7) is 2.75. The molecule has 0 spiro atoms. The van der Waals surface area contributed by atoms with Crippen molar-refractivity contribution in [3.05, 3.63) is 34.9 Å². The highest BCUT2D eigenvalue weighted by Gasteiger charge is 2.24. The fourth-order valence-corrected chi connectivity index (χ4v) is 2.79. The van der Waals surface area contributed by atoms with Crippen LogP contribution in [0.4, 0.5) is 0 Å². The quantitative estimate of drug-likeness (QED) is 0.920. The van der Waals surface area contributed by atoms with Crippen molar-refractivity contribution in [2.24, 2.45) is 5.92 Å². The molecule has 1 aromatic rings. The van der Waals surface area contributed by atoms with Crippen LogP contribution in [0.3, 0.4) is 0 Å². The molecule has 4 heteroatoms. The van der Waals surface area contributed by atoms with Gasteiger partial charge in [-0.1, -0.05) is 23.7 Å². The molecule has 3 nitrogen and oxygen atoms in total. The van der Waals surface area contributed by atoms with E-state index in [1.54, 1.807) is 12.1 Å². The van der Waals surface area contributed by atoms with Gasteiger partial charge in [-0.05, 0) is 50.9 Å². The van der Waals surface area contributed by atoms with Crippen LogP contribution >= 0.6 is 11.6 Å². The first-order valence-electron chi connectivity index (χ1n) is 6.90. The number of likely N-dealkylation sites (tertiary alicyclic amines) is 1. The summed E-state index contributed by atoms with van der Waals surface area (Å²) in [5.74, 6) is 0.806. The summed E-state index contributed by atoms with van der Waals surface area (Å²) in [7, 11) is 1.98. The maximum absolute atomic E-state index is 12.4. The Kier molecular flexibility index (Phi) is 5.23. The molecule has 0 radical (unpaired) electrons. The van der Waals surface area contributed by atoms with Crippen LogP contribution in [0.15, 0.2) is 24.3 Å². The molecule has 104 valence electrons. The fourth-order valence-electron chi connectivity index (χ4n) is 2.58. The molecule has 1 aromatic carbocycles. The summed E-state index contributed by atoms with van der Waals surface area (Å²) >= 11 is 6.08. The van der Waals surface area contributed by atoms with E-state index in [9.17, 15) is 4.79 Å². The lowest BCUT2D eigenvalue weighted by Crippen LogP contribution is -2.39. The van der Waals surface area contributed by atoms with Gasteiger partial charge in [0.2, 0.25) is 0 Å². The number of halogens is 1. The molecule has 0 aliphatic carbocycles. The Hall–Kier alpha value is -1.06. The van der Waals surface area contributed by atoms with Gasteiger partial charge in [0.1, 0.15) is 0 Å². The number of hydrogen-bond acceptors (Lipinski definition) is 2. The standard InChI is InChI=1S/C15H21ClN2O/c1-17-9-6-12-7-10-18(11-8-12)15(19)13-4-2-3-5-14(13)16/h2-5,12,17H,6-11H2,1H3. The number of piperidine rings is 1. The molecule has 19 heavy (non-hydrogen) atoms. The summed E-state index contributed by atoms with van der Waals surface area (Å²) in [6, 6.07) is 7.29. The number of benzene rings is 1. The zero-order chi connectivity index (χ0) is 13.7. The molecular weight excluding hydrogens is 260 g/mol. The van der Waals surface area contributed by atoms with Gasteiger partial charge >= 0.3 is 0 Å². The first-order chi connectivity index (χ1) is 9.22. The Bertz CT molecular complexity index is 428. The molecular formula is C15H21ClN2O. The van der Waals surface area contributed by atoms with Crippen molar-refractivity contribution in [2.45, 2.75) is 19.3 Å². The maximum atomic E-state index is 12.4. The third kappa shape index (κ3) is 3.71. The predicted molar refractivity (Wildman–Crippen MR) is 78.6 cm³/mol. The van der Waals surface area contributed by atoms with E-state index in [0.29, 0.717) is 10.6 Å². The minimum Gasteiger partial charge on any atom is -0.339 e. The lowest BCUT2D eigenvalue weighted by molar-refractivity contribution is 0.0687. The first kappa shape index (κ1) is 14.4. The molecule has 2 rings (SSSR count). The zero-order valence-corrected chi connectivity index (χ0v) is 12.1. The molecule has 1 aliphatic rings. The SMILES string of the molecule is CNCCC1CCN(C(=O)c2ccccc2Cl)CC1. The molecule has 0 bridgehead atoms. The third-order valence-electron chi connectivity index (χ3n) is 3.81. The van der Waals surface area contributed by atoms with Gasteiger partial charge in [-0.2, -0.15) is 0 Å². The van der Waals surface area contributed by atoms with Gasteiger partial charge in [0, 0.05) is 13.1 Å². The van der Waals surface area contributed by atoms with E-state index in [1.165, 1.54) is 6.42 Å². The van der Waals surface area contributed by atoms with Crippen molar-refractivity contribution in [1.29, 1.82) is 0 Å². The number of carbonyl (C=O) groups is 1. The summed E-state index contributed by atoms with van der Waals surface area (Å²) in [4.78, 5) is 14.3. The second-order valence-electron chi connectivity index (χ2n) is 5.11. The van der Waals surface area contributed by atoms with Crippen molar-refractivity contribution < 1.29 is 4.79 Å². The van der Waals surface area contributed by atoms with Crippen LogP contribution in [0.2, 0.25) is 5.02 Å². The van der Waals surface area contributed by atoms with E-state index in [1.807, 2.05) is 24.1 Å². The molecule has 0 aromatic heterocycles. The van der Waals surface area contributed by atoms with Crippen LogP contribution in [0, 0.1) is 5.92 Å². The summed E-state index contributed by atoms with van der Waals surface area (Å²) in [6.07, 6.45) is 3.39. The number of hydrogen-bond donors (Lipinski definition) is 1. The summed E-state index contributed by atoms with van der Waals surface area (Å²) in [5, 5.41) is 3.73. The van der Waals surface area contributed by atoms with Gasteiger partial charge in [-0.3, -0.25) is 4.79 Å². The van der Waals surface area contributed by atoms with E-state index < -0.39 is 0 Å². The molecule has 1 N–H and O–H groups in total. The van der Waals surface area contributed by atoms with Crippen LogP contribution < -0.4 is 5.32 Å². The lowest BCUT2D eigenvalue weighted by atomic mass is 9.93. The second kappa shape index (κ2) is 6.92. The minimum absolute atomic E-state index is 0.0673. The molecule has 1 fully saturated rings. The Balaban J connectivity index is 1.91. The summed E-state index contributed by atoms with van der Waals surface area (Å²) in [5.41, 5.74) is 0.623. The summed E-state index contributed by atoms with van der Waals surface area (Å²) < 4.78 is 0. The fraction of sp³-hybridized carbons (Fsp3) is 0.533. The molecule has 1 saturated heterocycles. The minimum atomic E-state index is 0.0673. The van der Waals surface area contributed by atoms with Crippen LogP contribution in [-0.2, 0) is 0 Å². The highest BCUT2D eigenvalue weighted by Crippen LogP contribution is 2.23. The molecule has 0 saturated carbocycles. The lowest BCUT2D eigenvalue weighted by Gasteiger charge is -2.32. The van der Waals surface area contributed by atoms with E-state index in [2.05, 4.69) is 5.32 Å². The third-order valence-corrected chi connectivity index (χ3v) is 4.14. The monoisotopic (exact) mass is 280 g/mol. The number of nitrogens with zero attached hydrogens (tertiary/aromatic N) is 1. The Morgan fingerprint density at radius 2 is 2.05 bits per heavy atom. The van der Waals surface area contributed by atoms with E-state index >= 15 is 0 Å². The Morgan fingerprint density at radius 3 is 2.68 bits per heavy atom. The predicted octanol–water partition coefficient (Wildman–Crippen LogP) is 2.80. The maximum Gasteiger partial charge on any atom is 0.255 e. The number of nitrogens with one attached hydrogen (secondary N) is 1. The number of amides is 1. The van der Waals surface area contributed by atoms with Gasteiger partial charge < -0.3 is 10.2 Å². The molecule has 0 atom stereocenters. The van der Waals surface area contributed by atoms with Crippen LogP contribution in [0.1, 0.15) is 29.6 Å². The number of carbonyl (C=O) groups excluding carboxylic acids is 1. The average molecular weight is 281 g/mol. The van der Waals surface area contributed by atoms with Gasteiger partial charge in [0.25, 0.3) is 5.91 Å². The van der Waals surface area contributed by atoms with Crippen molar-refractivity contribution in [2.75, 3.05) is 26.7 Å². The molecule has 0 unspecified atom stereocenters. The van der Waals surface area contributed by atoms with Gasteiger partial charge in [-0.25, -0.2) is 0 Å². The van der Waals surface area contributed by atoms with E-state index in [4.69, 9.17) is 11.6 Å². The number of rotatable bonds is 4. The smallest absolute Gasteiger partial charge is 0.255 e. The van der Waals surface area contributed by atoms with Gasteiger partial charge in [0.05, 0.1) is 10.6 Å². The van der Waals surface area contributed by atoms with Gasteiger partial charge in [0.15, 0.2) is 0 Å². The van der Waals surface area contributed by atoms with Crippen LogP contribution in [0.5, 0.6) is 0 Å². The van der Waals surface area contributed by atoms with E-state index in [-0.39, 0.29) is 5.91 Å². The topological polar surface area (TPSA) is 32.3 Å². The second-order valence-corrected chi connectivity index (χ2v) is 5.51. The average Bonchev–Trinajstić information content (AvgIpc) is 2.45. The van der Waals surface area contributed by atoms with Crippen molar-refractivity contribution in [3.63, 3.8) is 0 Å². The zero-order valence-electron chi connectivity index (χ0n) is 11.4. The largest absolute Gasteiger partial charge is 0.339 e. The van der Waals surface area contributed by atoms with Gasteiger partial charge in [-0.15, -0.1) is 0 Å².